The van der Waals surface area contributed by atoms with E-state index in [1.165, 1.54) is 13.2 Å². The number of anilines is 1. The number of nitrogens with zero attached hydrogens (tertiary/aromatic N) is 1. The van der Waals surface area contributed by atoms with E-state index in [-0.39, 0.29) is 22.3 Å². The lowest BCUT2D eigenvalue weighted by Gasteiger charge is -2.18. The maximum absolute atomic E-state index is 13.3. The van der Waals surface area contributed by atoms with Crippen LogP contribution in [0.4, 0.5) is 18.9 Å². The number of nitrogens with two attached hydrogens (primary N) is 1. The highest BCUT2D eigenvalue weighted by Gasteiger charge is 2.32. The maximum Gasteiger partial charge on any atom is 0.416 e. The first-order valence-corrected chi connectivity index (χ1v) is 8.39. The molecule has 1 aromatic heterocycles. The van der Waals surface area contributed by atoms with Crippen LogP contribution in [0.5, 0.6) is 5.75 Å². The van der Waals surface area contributed by atoms with E-state index in [2.05, 4.69) is 4.74 Å². The number of carbonyl (C=O) groups is 1. The van der Waals surface area contributed by atoms with E-state index < -0.39 is 28.8 Å². The molecule has 0 radical (unpaired) electrons. The van der Waals surface area contributed by atoms with E-state index in [1.807, 2.05) is 0 Å². The number of alkyl halides is 3. The second-order valence-corrected chi connectivity index (χ2v) is 6.30. The standard InChI is InChI=1S/C20H17F3N2O4/c1-10-8-12(28-2)5-7-14(10)25-15-9-11(20(21,22)23)4-6-13(15)17(24)16(18(25)26)19(27)29-3/h4-9H,24H2,1-3H3. The Kier molecular flexibility index (Phi) is 5.00. The number of esters is 1. The smallest absolute Gasteiger partial charge is 0.416 e. The topological polar surface area (TPSA) is 83.6 Å². The normalized spacial score (nSPS) is 11.5. The number of hydrogen-bond acceptors (Lipinski definition) is 5. The highest BCUT2D eigenvalue weighted by atomic mass is 19.4. The summed E-state index contributed by atoms with van der Waals surface area (Å²) in [6, 6.07) is 7.51. The number of pyridine rings is 1. The van der Waals surface area contributed by atoms with Crippen molar-refractivity contribution in [2.75, 3.05) is 20.0 Å². The number of benzene rings is 2. The van der Waals surface area contributed by atoms with Gasteiger partial charge in [0.25, 0.3) is 5.56 Å². The number of rotatable bonds is 3. The van der Waals surface area contributed by atoms with Gasteiger partial charge in [-0.15, -0.1) is 0 Å². The van der Waals surface area contributed by atoms with Crippen molar-refractivity contribution >= 4 is 22.6 Å². The average molecular weight is 406 g/mol. The van der Waals surface area contributed by atoms with E-state index in [0.717, 1.165) is 29.9 Å². The average Bonchev–Trinajstić information content (AvgIpc) is 2.67. The minimum atomic E-state index is -4.63. The number of carbonyl (C=O) groups excluding carboxylic acids is 1. The zero-order chi connectivity index (χ0) is 21.5. The number of ether oxygens (including phenoxy) is 2. The highest BCUT2D eigenvalue weighted by molar-refractivity contribution is 6.04. The summed E-state index contributed by atoms with van der Waals surface area (Å²) in [7, 11) is 2.55. The van der Waals surface area contributed by atoms with Gasteiger partial charge in [0.05, 0.1) is 36.7 Å². The van der Waals surface area contributed by atoms with Crippen molar-refractivity contribution in [3.05, 3.63) is 63.4 Å². The van der Waals surface area contributed by atoms with Gasteiger partial charge in [0.15, 0.2) is 0 Å². The highest BCUT2D eigenvalue weighted by Crippen LogP contribution is 2.34. The summed E-state index contributed by atoms with van der Waals surface area (Å²) in [6.07, 6.45) is -4.63. The SMILES string of the molecule is COC(=O)c1c(N)c2ccc(C(F)(F)F)cc2n(-c2ccc(OC)cc2C)c1=O. The van der Waals surface area contributed by atoms with Gasteiger partial charge in [0.1, 0.15) is 11.3 Å². The summed E-state index contributed by atoms with van der Waals surface area (Å²) in [5.74, 6) is -0.475. The van der Waals surface area contributed by atoms with E-state index >= 15 is 0 Å². The Morgan fingerprint density at radius 1 is 1.10 bits per heavy atom. The lowest BCUT2D eigenvalue weighted by atomic mass is 10.0. The Hall–Kier alpha value is -3.49. The van der Waals surface area contributed by atoms with Crippen LogP contribution in [0.15, 0.2) is 41.2 Å². The van der Waals surface area contributed by atoms with Gasteiger partial charge in [-0.3, -0.25) is 9.36 Å². The second-order valence-electron chi connectivity index (χ2n) is 6.30. The first kappa shape index (κ1) is 20.2. The minimum absolute atomic E-state index is 0.0803. The first-order chi connectivity index (χ1) is 13.6. The zero-order valence-corrected chi connectivity index (χ0v) is 15.8. The molecular weight excluding hydrogens is 389 g/mol. The molecule has 0 atom stereocenters. The van der Waals surface area contributed by atoms with Crippen molar-refractivity contribution < 1.29 is 27.4 Å². The van der Waals surface area contributed by atoms with E-state index in [0.29, 0.717) is 11.3 Å². The lowest BCUT2D eigenvalue weighted by molar-refractivity contribution is -0.137. The van der Waals surface area contributed by atoms with Crippen molar-refractivity contribution in [3.63, 3.8) is 0 Å². The fourth-order valence-electron chi connectivity index (χ4n) is 3.14. The fourth-order valence-corrected chi connectivity index (χ4v) is 3.14. The third-order valence-electron chi connectivity index (χ3n) is 4.58. The number of aryl methyl sites for hydroxylation is 1. The molecule has 0 saturated carbocycles. The molecule has 0 aliphatic carbocycles. The van der Waals surface area contributed by atoms with Crippen LogP contribution >= 0.6 is 0 Å². The van der Waals surface area contributed by atoms with Crippen LogP contribution in [-0.2, 0) is 10.9 Å². The van der Waals surface area contributed by atoms with Crippen LogP contribution < -0.4 is 16.0 Å². The summed E-state index contributed by atoms with van der Waals surface area (Å²) in [5, 5.41) is 0.119. The third kappa shape index (κ3) is 3.39. The predicted octanol–water partition coefficient (Wildman–Crippen LogP) is 3.70. The van der Waals surface area contributed by atoms with Crippen molar-refractivity contribution in [2.24, 2.45) is 0 Å². The van der Waals surface area contributed by atoms with Crippen molar-refractivity contribution in [1.82, 2.24) is 4.57 Å². The molecule has 9 heteroatoms. The van der Waals surface area contributed by atoms with Gasteiger partial charge in [-0.2, -0.15) is 13.2 Å². The number of methoxy groups -OCH3 is 2. The zero-order valence-electron chi connectivity index (χ0n) is 15.8. The Morgan fingerprint density at radius 2 is 1.79 bits per heavy atom. The van der Waals surface area contributed by atoms with Crippen LogP contribution in [0.3, 0.4) is 0 Å². The van der Waals surface area contributed by atoms with Gasteiger partial charge in [-0.05, 0) is 42.8 Å². The van der Waals surface area contributed by atoms with Gasteiger partial charge in [0.2, 0.25) is 0 Å². The number of hydrogen-bond donors (Lipinski definition) is 1. The molecule has 6 nitrogen and oxygen atoms in total. The predicted molar refractivity (Wildman–Crippen MR) is 102 cm³/mol. The quantitative estimate of drug-likeness (QED) is 0.671. The molecule has 2 aromatic carbocycles. The number of fused-ring (bicyclic) bond motifs is 1. The lowest BCUT2D eigenvalue weighted by Crippen LogP contribution is -2.29. The molecular formula is C20H17F3N2O4. The van der Waals surface area contributed by atoms with Crippen LogP contribution in [0.2, 0.25) is 0 Å². The maximum atomic E-state index is 13.3. The molecule has 1 heterocycles. The van der Waals surface area contributed by atoms with Gasteiger partial charge < -0.3 is 15.2 Å². The summed E-state index contributed by atoms with van der Waals surface area (Å²) in [6.45, 7) is 1.66. The summed E-state index contributed by atoms with van der Waals surface area (Å²) in [5.41, 5.74) is 4.20. The molecule has 0 unspecified atom stereocenters. The largest absolute Gasteiger partial charge is 0.497 e. The summed E-state index contributed by atoms with van der Waals surface area (Å²) in [4.78, 5) is 25.3. The third-order valence-corrected chi connectivity index (χ3v) is 4.58. The van der Waals surface area contributed by atoms with Crippen molar-refractivity contribution in [3.8, 4) is 11.4 Å². The minimum Gasteiger partial charge on any atom is -0.497 e. The molecule has 152 valence electrons. The van der Waals surface area contributed by atoms with Crippen molar-refractivity contribution in [2.45, 2.75) is 13.1 Å². The van der Waals surface area contributed by atoms with Gasteiger partial charge in [-0.1, -0.05) is 6.07 Å². The monoisotopic (exact) mass is 406 g/mol. The number of halogens is 3. The summed E-state index contributed by atoms with van der Waals surface area (Å²) < 4.78 is 50.7. The molecule has 0 aliphatic heterocycles. The van der Waals surface area contributed by atoms with Gasteiger partial charge >= 0.3 is 12.1 Å². The Bertz CT molecular complexity index is 1180. The van der Waals surface area contributed by atoms with E-state index in [9.17, 15) is 22.8 Å². The molecule has 29 heavy (non-hydrogen) atoms. The molecule has 0 fully saturated rings. The van der Waals surface area contributed by atoms with E-state index in [4.69, 9.17) is 10.5 Å². The molecule has 0 aliphatic rings. The summed E-state index contributed by atoms with van der Waals surface area (Å²) >= 11 is 0. The molecule has 0 spiro atoms. The molecule has 2 N–H and O–H groups in total. The van der Waals surface area contributed by atoms with Gasteiger partial charge in [0, 0.05) is 5.39 Å². The second kappa shape index (κ2) is 7.16. The Labute approximate surface area is 163 Å². The van der Waals surface area contributed by atoms with E-state index in [1.54, 1.807) is 19.1 Å². The molecule has 0 amide bonds. The molecule has 0 saturated heterocycles. The fraction of sp³-hybridized carbons (Fsp3) is 0.200. The van der Waals surface area contributed by atoms with Crippen LogP contribution in [-0.4, -0.2) is 24.8 Å². The Morgan fingerprint density at radius 3 is 2.34 bits per heavy atom. The van der Waals surface area contributed by atoms with Crippen LogP contribution in [0, 0.1) is 6.92 Å². The molecule has 3 aromatic rings. The van der Waals surface area contributed by atoms with Crippen LogP contribution in [0.1, 0.15) is 21.5 Å². The Balaban J connectivity index is 2.51. The molecule has 3 rings (SSSR count). The van der Waals surface area contributed by atoms with Gasteiger partial charge in [-0.25, -0.2) is 4.79 Å². The van der Waals surface area contributed by atoms with Crippen molar-refractivity contribution in [1.29, 1.82) is 0 Å². The number of aromatic nitrogens is 1. The van der Waals surface area contributed by atoms with Crippen LogP contribution in [0.25, 0.3) is 16.6 Å². The first-order valence-electron chi connectivity index (χ1n) is 8.39. The molecule has 0 bridgehead atoms. The number of nitrogen functional groups attached to an aromatic ring is 1.